The minimum absolute atomic E-state index is 0.0999. The van der Waals surface area contributed by atoms with Gasteiger partial charge in [0.25, 0.3) is 0 Å². The number of rotatable bonds is 5. The van der Waals surface area contributed by atoms with Crippen molar-refractivity contribution in [2.75, 3.05) is 24.6 Å². The van der Waals surface area contributed by atoms with Crippen molar-refractivity contribution in [3.8, 4) is 0 Å². The molecule has 1 amide bonds. The molecule has 0 radical (unpaired) electrons. The fraction of sp³-hybridized carbons (Fsp3) is 0.467. The highest BCUT2D eigenvalue weighted by Gasteiger charge is 2.18. The van der Waals surface area contributed by atoms with Crippen molar-refractivity contribution in [1.82, 2.24) is 4.90 Å². The Bertz CT molecular complexity index is 467. The van der Waals surface area contributed by atoms with Gasteiger partial charge in [0.05, 0.1) is 11.5 Å². The van der Waals surface area contributed by atoms with Crippen LogP contribution in [0.4, 0.5) is 0 Å². The summed E-state index contributed by atoms with van der Waals surface area (Å²) in [5.74, 6) is 1.06. The Morgan fingerprint density at radius 2 is 1.95 bits per heavy atom. The van der Waals surface area contributed by atoms with Crippen LogP contribution < -0.4 is 0 Å². The van der Waals surface area contributed by atoms with Crippen molar-refractivity contribution in [2.45, 2.75) is 19.8 Å². The molecule has 0 spiro atoms. The van der Waals surface area contributed by atoms with Crippen LogP contribution in [0.5, 0.6) is 0 Å². The van der Waals surface area contributed by atoms with E-state index in [-0.39, 0.29) is 11.7 Å². The molecule has 0 atom stereocenters. The third-order valence-corrected chi connectivity index (χ3v) is 4.17. The van der Waals surface area contributed by atoms with Gasteiger partial charge < -0.3 is 4.90 Å². The second kappa shape index (κ2) is 6.75. The van der Waals surface area contributed by atoms with E-state index in [0.717, 1.165) is 37.1 Å². The van der Waals surface area contributed by atoms with E-state index in [9.17, 15) is 9.59 Å². The molecule has 4 heteroatoms. The van der Waals surface area contributed by atoms with Gasteiger partial charge in [-0.15, -0.1) is 11.8 Å². The summed E-state index contributed by atoms with van der Waals surface area (Å²) in [7, 11) is 0. The summed E-state index contributed by atoms with van der Waals surface area (Å²) < 4.78 is 0. The molecule has 1 aliphatic heterocycles. The molecule has 0 aliphatic carbocycles. The lowest BCUT2D eigenvalue weighted by Crippen LogP contribution is -2.29. The monoisotopic (exact) mass is 277 g/mol. The summed E-state index contributed by atoms with van der Waals surface area (Å²) in [4.78, 5) is 25.7. The predicted octanol–water partition coefficient (Wildman–Crippen LogP) is 2.53. The Balaban J connectivity index is 1.76. The molecule has 0 saturated carbocycles. The summed E-state index contributed by atoms with van der Waals surface area (Å²) in [6, 6.07) is 7.59. The van der Waals surface area contributed by atoms with Crippen LogP contribution in [0.25, 0.3) is 0 Å². The number of Topliss-reactive ketones (excluding diaryl/α,β-unsaturated/α-hetero) is 1. The number of thioether (sulfide) groups is 1. The zero-order chi connectivity index (χ0) is 13.7. The number of ketones is 1. The van der Waals surface area contributed by atoms with Gasteiger partial charge in [-0.1, -0.05) is 23.8 Å². The molecular formula is C15H19NO2S. The normalized spacial score (nSPS) is 14.7. The van der Waals surface area contributed by atoms with E-state index in [2.05, 4.69) is 0 Å². The lowest BCUT2D eigenvalue weighted by molar-refractivity contribution is -0.127. The first-order valence-corrected chi connectivity index (χ1v) is 7.77. The van der Waals surface area contributed by atoms with Gasteiger partial charge in [0.1, 0.15) is 0 Å². The summed E-state index contributed by atoms with van der Waals surface area (Å²) in [6.45, 7) is 3.73. The van der Waals surface area contributed by atoms with E-state index in [1.807, 2.05) is 36.1 Å². The molecule has 0 unspecified atom stereocenters. The average molecular weight is 277 g/mol. The third kappa shape index (κ3) is 4.10. The SMILES string of the molecule is Cc1cccc(C(=O)CSCC(=O)N2CCCC2)c1. The second-order valence-corrected chi connectivity index (χ2v) is 5.86. The number of aryl methyl sites for hydroxylation is 1. The lowest BCUT2D eigenvalue weighted by Gasteiger charge is -2.14. The summed E-state index contributed by atoms with van der Waals surface area (Å²) in [5.41, 5.74) is 1.82. The van der Waals surface area contributed by atoms with E-state index in [4.69, 9.17) is 0 Å². The molecule has 1 heterocycles. The Labute approximate surface area is 118 Å². The van der Waals surface area contributed by atoms with Crippen LogP contribution in [0.2, 0.25) is 0 Å². The fourth-order valence-corrected chi connectivity index (χ4v) is 3.00. The number of carbonyl (C=O) groups is 2. The largest absolute Gasteiger partial charge is 0.342 e. The summed E-state index contributed by atoms with van der Waals surface area (Å²) in [5, 5.41) is 0. The second-order valence-electron chi connectivity index (χ2n) is 4.87. The van der Waals surface area contributed by atoms with Crippen LogP contribution in [-0.4, -0.2) is 41.2 Å². The van der Waals surface area contributed by atoms with Crippen LogP contribution in [0, 0.1) is 6.92 Å². The highest BCUT2D eigenvalue weighted by Crippen LogP contribution is 2.13. The van der Waals surface area contributed by atoms with E-state index >= 15 is 0 Å². The van der Waals surface area contributed by atoms with Crippen LogP contribution in [0.3, 0.4) is 0 Å². The molecule has 1 aromatic carbocycles. The van der Waals surface area contributed by atoms with Gasteiger partial charge >= 0.3 is 0 Å². The minimum atomic E-state index is 0.0999. The number of carbonyl (C=O) groups excluding carboxylic acids is 2. The van der Waals surface area contributed by atoms with E-state index in [1.165, 1.54) is 11.8 Å². The molecule has 2 rings (SSSR count). The molecule has 3 nitrogen and oxygen atoms in total. The molecule has 0 aromatic heterocycles. The van der Waals surface area contributed by atoms with Crippen molar-refractivity contribution in [2.24, 2.45) is 0 Å². The summed E-state index contributed by atoms with van der Waals surface area (Å²) >= 11 is 1.42. The van der Waals surface area contributed by atoms with Crippen molar-refractivity contribution in [3.05, 3.63) is 35.4 Å². The highest BCUT2D eigenvalue weighted by atomic mass is 32.2. The molecular weight excluding hydrogens is 258 g/mol. The van der Waals surface area contributed by atoms with E-state index in [1.54, 1.807) is 0 Å². The number of hydrogen-bond donors (Lipinski definition) is 0. The minimum Gasteiger partial charge on any atom is -0.342 e. The molecule has 102 valence electrons. The van der Waals surface area contributed by atoms with Gasteiger partial charge in [-0.3, -0.25) is 9.59 Å². The molecule has 1 fully saturated rings. The molecule has 0 N–H and O–H groups in total. The molecule has 1 aliphatic rings. The first-order chi connectivity index (χ1) is 9.16. The quantitative estimate of drug-likeness (QED) is 0.776. The standard InChI is InChI=1S/C15H19NO2S/c1-12-5-4-6-13(9-12)14(17)10-19-11-15(18)16-7-2-3-8-16/h4-6,9H,2-3,7-8,10-11H2,1H3. The van der Waals surface area contributed by atoms with Gasteiger partial charge in [0, 0.05) is 18.7 Å². The highest BCUT2D eigenvalue weighted by molar-refractivity contribution is 8.00. The van der Waals surface area contributed by atoms with Gasteiger partial charge in [0.15, 0.2) is 5.78 Å². The number of benzene rings is 1. The first kappa shape index (κ1) is 14.1. The van der Waals surface area contributed by atoms with Crippen LogP contribution in [0.15, 0.2) is 24.3 Å². The third-order valence-electron chi connectivity index (χ3n) is 3.26. The number of nitrogens with zero attached hydrogens (tertiary/aromatic N) is 1. The maximum absolute atomic E-state index is 12.0. The molecule has 19 heavy (non-hydrogen) atoms. The van der Waals surface area contributed by atoms with Gasteiger partial charge in [-0.05, 0) is 25.8 Å². The van der Waals surface area contributed by atoms with Gasteiger partial charge in [-0.25, -0.2) is 0 Å². The average Bonchev–Trinajstić information content (AvgIpc) is 2.92. The number of hydrogen-bond acceptors (Lipinski definition) is 3. The van der Waals surface area contributed by atoms with Crippen molar-refractivity contribution in [3.63, 3.8) is 0 Å². The fourth-order valence-electron chi connectivity index (χ4n) is 2.19. The number of likely N-dealkylation sites (tertiary alicyclic amines) is 1. The smallest absolute Gasteiger partial charge is 0.232 e. The van der Waals surface area contributed by atoms with Crippen molar-refractivity contribution >= 4 is 23.5 Å². The lowest BCUT2D eigenvalue weighted by atomic mass is 10.1. The molecule has 1 saturated heterocycles. The van der Waals surface area contributed by atoms with Gasteiger partial charge in [0.2, 0.25) is 5.91 Å². The Morgan fingerprint density at radius 1 is 1.21 bits per heavy atom. The topological polar surface area (TPSA) is 37.4 Å². The van der Waals surface area contributed by atoms with Crippen LogP contribution in [-0.2, 0) is 4.79 Å². The predicted molar refractivity (Wildman–Crippen MR) is 78.6 cm³/mol. The Kier molecular flexibility index (Phi) is 5.02. The van der Waals surface area contributed by atoms with Gasteiger partial charge in [-0.2, -0.15) is 0 Å². The Hall–Kier alpha value is -1.29. The zero-order valence-electron chi connectivity index (χ0n) is 11.2. The molecule has 0 bridgehead atoms. The van der Waals surface area contributed by atoms with E-state index in [0.29, 0.717) is 11.5 Å². The van der Waals surface area contributed by atoms with Crippen LogP contribution >= 0.6 is 11.8 Å². The Morgan fingerprint density at radius 3 is 2.63 bits per heavy atom. The van der Waals surface area contributed by atoms with E-state index < -0.39 is 0 Å². The van der Waals surface area contributed by atoms with Crippen molar-refractivity contribution < 1.29 is 9.59 Å². The maximum Gasteiger partial charge on any atom is 0.232 e. The first-order valence-electron chi connectivity index (χ1n) is 6.62. The maximum atomic E-state index is 12.0. The summed E-state index contributed by atoms with van der Waals surface area (Å²) in [6.07, 6.45) is 2.22. The van der Waals surface area contributed by atoms with Crippen molar-refractivity contribution in [1.29, 1.82) is 0 Å². The zero-order valence-corrected chi connectivity index (χ0v) is 12.0. The van der Waals surface area contributed by atoms with Crippen LogP contribution in [0.1, 0.15) is 28.8 Å². The number of amides is 1. The molecule has 1 aromatic rings.